The number of hydrogen-bond donors (Lipinski definition) is 1. The van der Waals surface area contributed by atoms with Crippen molar-refractivity contribution in [3.05, 3.63) is 29.0 Å². The molecule has 0 spiro atoms. The number of methoxy groups -OCH3 is 3. The van der Waals surface area contributed by atoms with Gasteiger partial charge >= 0.3 is 5.97 Å². The summed E-state index contributed by atoms with van der Waals surface area (Å²) in [7, 11) is 4.66. The standard InChI is InChI=1S/C20H25N3O6/c1-6-29-18(25)10-23-20-19(11(2)22-23)13(8-17(24)21-20)12-7-15(27-4)16(28-5)9-14(12)26-3/h7,9,13H,6,8,10H2,1-5H3,(H,21,24)/t13-/m0/s1. The van der Waals surface area contributed by atoms with Crippen LogP contribution in [-0.4, -0.2) is 49.6 Å². The highest BCUT2D eigenvalue weighted by Crippen LogP contribution is 2.45. The lowest BCUT2D eigenvalue weighted by Crippen LogP contribution is -2.26. The molecule has 0 saturated carbocycles. The number of anilines is 1. The molecule has 2 aromatic rings. The number of fused-ring (bicyclic) bond motifs is 1. The molecular formula is C20H25N3O6. The van der Waals surface area contributed by atoms with Crippen LogP contribution < -0.4 is 19.5 Å². The first-order valence-corrected chi connectivity index (χ1v) is 9.26. The first kappa shape index (κ1) is 20.5. The second kappa shape index (κ2) is 8.42. The fourth-order valence-electron chi connectivity index (χ4n) is 3.65. The van der Waals surface area contributed by atoms with Crippen LogP contribution in [0.2, 0.25) is 0 Å². The minimum atomic E-state index is -0.419. The summed E-state index contributed by atoms with van der Waals surface area (Å²) in [6.07, 6.45) is 0.213. The van der Waals surface area contributed by atoms with E-state index in [4.69, 9.17) is 18.9 Å². The molecule has 1 aromatic carbocycles. The van der Waals surface area contributed by atoms with Crippen LogP contribution in [-0.2, 0) is 20.9 Å². The smallest absolute Gasteiger partial charge is 0.327 e. The number of benzene rings is 1. The molecule has 0 saturated heterocycles. The first-order chi connectivity index (χ1) is 13.9. The number of carbonyl (C=O) groups excluding carboxylic acids is 2. The summed E-state index contributed by atoms with van der Waals surface area (Å²) >= 11 is 0. The van der Waals surface area contributed by atoms with Crippen LogP contribution >= 0.6 is 0 Å². The van der Waals surface area contributed by atoms with E-state index in [2.05, 4.69) is 10.4 Å². The molecule has 9 heteroatoms. The van der Waals surface area contributed by atoms with Gasteiger partial charge in [-0.25, -0.2) is 4.68 Å². The normalized spacial score (nSPS) is 15.3. The lowest BCUT2D eigenvalue weighted by molar-refractivity contribution is -0.144. The predicted molar refractivity (Wildman–Crippen MR) is 105 cm³/mol. The highest BCUT2D eigenvalue weighted by atomic mass is 16.5. The summed E-state index contributed by atoms with van der Waals surface area (Å²) in [5.41, 5.74) is 2.32. The Balaban J connectivity index is 2.11. The summed E-state index contributed by atoms with van der Waals surface area (Å²) < 4.78 is 22.8. The van der Waals surface area contributed by atoms with E-state index >= 15 is 0 Å². The molecule has 1 aliphatic heterocycles. The van der Waals surface area contributed by atoms with Gasteiger partial charge in [0.05, 0.1) is 33.6 Å². The van der Waals surface area contributed by atoms with E-state index in [-0.39, 0.29) is 31.4 Å². The summed E-state index contributed by atoms with van der Waals surface area (Å²) in [4.78, 5) is 24.4. The van der Waals surface area contributed by atoms with Crippen molar-refractivity contribution in [2.75, 3.05) is 33.3 Å². The van der Waals surface area contributed by atoms with E-state index in [1.54, 1.807) is 34.3 Å². The molecule has 29 heavy (non-hydrogen) atoms. The molecule has 1 N–H and O–H groups in total. The Bertz CT molecular complexity index is 937. The van der Waals surface area contributed by atoms with E-state index in [0.29, 0.717) is 28.8 Å². The number of ether oxygens (including phenoxy) is 4. The number of aryl methyl sites for hydroxylation is 1. The number of nitrogens with zero attached hydrogens (tertiary/aromatic N) is 2. The third-order valence-electron chi connectivity index (χ3n) is 4.87. The van der Waals surface area contributed by atoms with Crippen LogP contribution in [0.1, 0.15) is 36.1 Å². The fourth-order valence-corrected chi connectivity index (χ4v) is 3.65. The Hall–Kier alpha value is -3.23. The van der Waals surface area contributed by atoms with Gasteiger partial charge in [0, 0.05) is 29.5 Å². The van der Waals surface area contributed by atoms with E-state index in [0.717, 1.165) is 11.1 Å². The second-order valence-corrected chi connectivity index (χ2v) is 6.56. The third kappa shape index (κ3) is 3.85. The summed E-state index contributed by atoms with van der Waals surface area (Å²) in [5, 5.41) is 7.30. The lowest BCUT2D eigenvalue weighted by Gasteiger charge is -2.26. The lowest BCUT2D eigenvalue weighted by atomic mass is 9.85. The van der Waals surface area contributed by atoms with Gasteiger partial charge in [-0.2, -0.15) is 5.10 Å². The molecular weight excluding hydrogens is 378 g/mol. The topological polar surface area (TPSA) is 101 Å². The maximum absolute atomic E-state index is 12.5. The van der Waals surface area contributed by atoms with Crippen LogP contribution in [0.5, 0.6) is 17.2 Å². The Morgan fingerprint density at radius 1 is 1.17 bits per heavy atom. The monoisotopic (exact) mass is 403 g/mol. The molecule has 1 aliphatic rings. The van der Waals surface area contributed by atoms with Crippen molar-refractivity contribution in [3.8, 4) is 17.2 Å². The van der Waals surface area contributed by atoms with Crippen molar-refractivity contribution in [1.29, 1.82) is 0 Å². The zero-order valence-electron chi connectivity index (χ0n) is 17.2. The molecule has 1 atom stereocenters. The van der Waals surface area contributed by atoms with Crippen molar-refractivity contribution in [2.45, 2.75) is 32.7 Å². The molecule has 1 aromatic heterocycles. The van der Waals surface area contributed by atoms with E-state index in [1.807, 2.05) is 13.0 Å². The zero-order chi connectivity index (χ0) is 21.1. The van der Waals surface area contributed by atoms with Gasteiger partial charge in [-0.1, -0.05) is 0 Å². The minimum absolute atomic E-state index is 0.0833. The van der Waals surface area contributed by atoms with Crippen molar-refractivity contribution in [2.24, 2.45) is 0 Å². The van der Waals surface area contributed by atoms with Gasteiger partial charge in [-0.15, -0.1) is 0 Å². The molecule has 0 unspecified atom stereocenters. The largest absolute Gasteiger partial charge is 0.496 e. The molecule has 0 bridgehead atoms. The van der Waals surface area contributed by atoms with Gasteiger partial charge in [0.1, 0.15) is 18.1 Å². The average Bonchev–Trinajstić information content (AvgIpc) is 3.01. The molecule has 0 aliphatic carbocycles. The van der Waals surface area contributed by atoms with Gasteiger partial charge in [-0.3, -0.25) is 9.59 Å². The number of aromatic nitrogens is 2. The number of amides is 1. The quantitative estimate of drug-likeness (QED) is 0.708. The van der Waals surface area contributed by atoms with E-state index in [1.165, 1.54) is 4.68 Å². The van der Waals surface area contributed by atoms with E-state index in [9.17, 15) is 9.59 Å². The van der Waals surface area contributed by atoms with Crippen LogP contribution in [0.25, 0.3) is 0 Å². The Morgan fingerprint density at radius 3 is 2.45 bits per heavy atom. The molecule has 3 rings (SSSR count). The van der Waals surface area contributed by atoms with E-state index < -0.39 is 5.97 Å². The second-order valence-electron chi connectivity index (χ2n) is 6.56. The van der Waals surface area contributed by atoms with Crippen LogP contribution in [0, 0.1) is 6.92 Å². The minimum Gasteiger partial charge on any atom is -0.496 e. The molecule has 1 amide bonds. The molecule has 9 nitrogen and oxygen atoms in total. The highest BCUT2D eigenvalue weighted by Gasteiger charge is 2.35. The van der Waals surface area contributed by atoms with Crippen molar-refractivity contribution < 1.29 is 28.5 Å². The predicted octanol–water partition coefficient (Wildman–Crippen LogP) is 2.25. The SMILES string of the molecule is CCOC(=O)Cn1nc(C)c2c1NC(=O)C[C@H]2c1cc(OC)c(OC)cc1OC. The zero-order valence-corrected chi connectivity index (χ0v) is 17.2. The van der Waals surface area contributed by atoms with Gasteiger partial charge in [-0.05, 0) is 19.9 Å². The van der Waals surface area contributed by atoms with Crippen LogP contribution in [0.15, 0.2) is 12.1 Å². The van der Waals surface area contributed by atoms with Crippen LogP contribution in [0.4, 0.5) is 5.82 Å². The Kier molecular flexibility index (Phi) is 5.95. The molecule has 0 fully saturated rings. The molecule has 156 valence electrons. The fraction of sp³-hybridized carbons (Fsp3) is 0.450. The third-order valence-corrected chi connectivity index (χ3v) is 4.87. The van der Waals surface area contributed by atoms with Gasteiger partial charge < -0.3 is 24.3 Å². The Labute approximate surface area is 168 Å². The average molecular weight is 403 g/mol. The van der Waals surface area contributed by atoms with Crippen molar-refractivity contribution in [1.82, 2.24) is 9.78 Å². The van der Waals surface area contributed by atoms with Crippen molar-refractivity contribution >= 4 is 17.7 Å². The number of carbonyl (C=O) groups is 2. The number of hydrogen-bond acceptors (Lipinski definition) is 7. The Morgan fingerprint density at radius 2 is 1.83 bits per heavy atom. The summed E-state index contributed by atoms with van der Waals surface area (Å²) in [5.74, 6) is 1.22. The highest BCUT2D eigenvalue weighted by molar-refractivity contribution is 5.95. The number of rotatable bonds is 7. The maximum Gasteiger partial charge on any atom is 0.327 e. The van der Waals surface area contributed by atoms with Gasteiger partial charge in [0.15, 0.2) is 11.5 Å². The van der Waals surface area contributed by atoms with Gasteiger partial charge in [0.25, 0.3) is 0 Å². The molecule has 2 heterocycles. The molecule has 0 radical (unpaired) electrons. The van der Waals surface area contributed by atoms with Crippen molar-refractivity contribution in [3.63, 3.8) is 0 Å². The maximum atomic E-state index is 12.5. The summed E-state index contributed by atoms with van der Waals surface area (Å²) in [6.45, 7) is 3.78. The van der Waals surface area contributed by atoms with Crippen LogP contribution in [0.3, 0.4) is 0 Å². The van der Waals surface area contributed by atoms with Gasteiger partial charge in [0.2, 0.25) is 5.91 Å². The number of nitrogens with one attached hydrogen (secondary N) is 1. The summed E-state index contributed by atoms with van der Waals surface area (Å²) in [6, 6.07) is 3.55. The number of esters is 1. The first-order valence-electron chi connectivity index (χ1n) is 9.26.